The number of hydrogen-bond acceptors (Lipinski definition) is 4. The van der Waals surface area contributed by atoms with E-state index in [4.69, 9.17) is 9.52 Å². The number of benzene rings is 1. The Labute approximate surface area is 155 Å². The van der Waals surface area contributed by atoms with Gasteiger partial charge in [0.05, 0.1) is 22.4 Å². The molecule has 0 aliphatic carbocycles. The van der Waals surface area contributed by atoms with Gasteiger partial charge in [-0.05, 0) is 29.6 Å². The van der Waals surface area contributed by atoms with E-state index in [1.807, 2.05) is 58.7 Å². The van der Waals surface area contributed by atoms with Gasteiger partial charge >= 0.3 is 0 Å². The third-order valence-electron chi connectivity index (χ3n) is 4.09. The van der Waals surface area contributed by atoms with Gasteiger partial charge in [-0.2, -0.15) is 5.10 Å². The summed E-state index contributed by atoms with van der Waals surface area (Å²) in [5.74, 6) is -0.0802. The van der Waals surface area contributed by atoms with E-state index in [0.29, 0.717) is 12.1 Å². The fraction of sp³-hybridized carbons (Fsp3) is 0.100. The maximum atomic E-state index is 12.5. The maximum Gasteiger partial charge on any atom is 0.257 e. The van der Waals surface area contributed by atoms with Gasteiger partial charge in [0, 0.05) is 25.4 Å². The summed E-state index contributed by atoms with van der Waals surface area (Å²) in [6, 6.07) is 15.7. The molecule has 4 aromatic rings. The number of carbonyl (C=O) groups is 1. The van der Waals surface area contributed by atoms with Crippen LogP contribution in [0, 0.1) is 0 Å². The SMILES string of the molecule is CN(Cc1cn(-c2ccccc2)nc1-c1cccs1)C(=O)c1ccoc1. The lowest BCUT2D eigenvalue weighted by atomic mass is 10.2. The zero-order valence-corrected chi connectivity index (χ0v) is 15.0. The monoisotopic (exact) mass is 363 g/mol. The topological polar surface area (TPSA) is 51.3 Å². The summed E-state index contributed by atoms with van der Waals surface area (Å²) in [5.41, 5.74) is 3.42. The van der Waals surface area contributed by atoms with Gasteiger partial charge in [0.1, 0.15) is 12.0 Å². The second-order valence-corrected chi connectivity index (χ2v) is 6.88. The standard InChI is InChI=1S/C20H17N3O2S/c1-22(20(24)15-9-10-25-14-15)12-16-13-23(17-6-3-2-4-7-17)21-19(16)18-8-5-11-26-18/h2-11,13-14H,12H2,1H3. The Morgan fingerprint density at radius 3 is 2.73 bits per heavy atom. The Morgan fingerprint density at radius 1 is 1.19 bits per heavy atom. The van der Waals surface area contributed by atoms with E-state index >= 15 is 0 Å². The van der Waals surface area contributed by atoms with E-state index < -0.39 is 0 Å². The van der Waals surface area contributed by atoms with Crippen molar-refractivity contribution in [2.24, 2.45) is 0 Å². The summed E-state index contributed by atoms with van der Waals surface area (Å²) in [5, 5.41) is 6.80. The molecule has 0 atom stereocenters. The highest BCUT2D eigenvalue weighted by atomic mass is 32.1. The molecule has 130 valence electrons. The van der Waals surface area contributed by atoms with Crippen LogP contribution in [0.1, 0.15) is 15.9 Å². The molecule has 4 rings (SSSR count). The third kappa shape index (κ3) is 3.19. The van der Waals surface area contributed by atoms with Crippen LogP contribution in [-0.2, 0) is 6.54 Å². The Balaban J connectivity index is 1.68. The lowest BCUT2D eigenvalue weighted by molar-refractivity contribution is 0.0784. The van der Waals surface area contributed by atoms with Gasteiger partial charge in [-0.3, -0.25) is 4.79 Å². The normalized spacial score (nSPS) is 10.8. The molecule has 0 radical (unpaired) electrons. The van der Waals surface area contributed by atoms with Crippen LogP contribution in [-0.4, -0.2) is 27.6 Å². The molecule has 5 nitrogen and oxygen atoms in total. The molecule has 0 N–H and O–H groups in total. The van der Waals surface area contributed by atoms with Gasteiger partial charge in [-0.1, -0.05) is 24.3 Å². The number of hydrogen-bond donors (Lipinski definition) is 0. The first-order valence-electron chi connectivity index (χ1n) is 8.18. The van der Waals surface area contributed by atoms with Crippen LogP contribution in [0.2, 0.25) is 0 Å². The van der Waals surface area contributed by atoms with Crippen LogP contribution in [0.3, 0.4) is 0 Å². The Kier molecular flexibility index (Phi) is 4.41. The highest BCUT2D eigenvalue weighted by Crippen LogP contribution is 2.28. The second kappa shape index (κ2) is 7.01. The summed E-state index contributed by atoms with van der Waals surface area (Å²) < 4.78 is 6.88. The van der Waals surface area contributed by atoms with Crippen molar-refractivity contribution in [3.05, 3.63) is 83.8 Å². The number of amides is 1. The first kappa shape index (κ1) is 16.4. The summed E-state index contributed by atoms with van der Waals surface area (Å²) in [7, 11) is 1.79. The quantitative estimate of drug-likeness (QED) is 0.526. The molecule has 0 unspecified atom stereocenters. The van der Waals surface area contributed by atoms with Crippen LogP contribution in [0.15, 0.2) is 77.1 Å². The molecule has 0 spiro atoms. The lowest BCUT2D eigenvalue weighted by Gasteiger charge is -2.15. The number of nitrogens with zero attached hydrogens (tertiary/aromatic N) is 3. The highest BCUT2D eigenvalue weighted by Gasteiger charge is 2.18. The van der Waals surface area contributed by atoms with Crippen molar-refractivity contribution in [1.82, 2.24) is 14.7 Å². The minimum absolute atomic E-state index is 0.0802. The van der Waals surface area contributed by atoms with Crippen LogP contribution in [0.25, 0.3) is 16.3 Å². The van der Waals surface area contributed by atoms with Crippen LogP contribution < -0.4 is 0 Å². The molecule has 0 fully saturated rings. The average molecular weight is 363 g/mol. The first-order chi connectivity index (χ1) is 12.7. The molecule has 6 heteroatoms. The Hall–Kier alpha value is -3.12. The number of furan rings is 1. The van der Waals surface area contributed by atoms with Crippen molar-refractivity contribution < 1.29 is 9.21 Å². The van der Waals surface area contributed by atoms with E-state index in [0.717, 1.165) is 21.8 Å². The predicted molar refractivity (Wildman–Crippen MR) is 101 cm³/mol. The lowest BCUT2D eigenvalue weighted by Crippen LogP contribution is -2.25. The summed E-state index contributed by atoms with van der Waals surface area (Å²) >= 11 is 1.64. The van der Waals surface area contributed by atoms with Gasteiger partial charge in [0.15, 0.2) is 0 Å². The minimum Gasteiger partial charge on any atom is -0.472 e. The molecule has 26 heavy (non-hydrogen) atoms. The fourth-order valence-electron chi connectivity index (χ4n) is 2.79. The van der Waals surface area contributed by atoms with E-state index in [1.165, 1.54) is 12.5 Å². The Morgan fingerprint density at radius 2 is 2.04 bits per heavy atom. The van der Waals surface area contributed by atoms with Crippen LogP contribution >= 0.6 is 11.3 Å². The van der Waals surface area contributed by atoms with Crippen molar-refractivity contribution in [3.63, 3.8) is 0 Å². The molecular formula is C20H17N3O2S. The van der Waals surface area contributed by atoms with Crippen LogP contribution in [0.5, 0.6) is 0 Å². The molecule has 3 aromatic heterocycles. The summed E-state index contributed by atoms with van der Waals surface area (Å²) in [6.07, 6.45) is 4.96. The van der Waals surface area contributed by atoms with Crippen molar-refractivity contribution >= 4 is 17.2 Å². The molecule has 1 aromatic carbocycles. The van der Waals surface area contributed by atoms with Gasteiger partial charge in [-0.25, -0.2) is 4.68 Å². The van der Waals surface area contributed by atoms with Gasteiger partial charge in [-0.15, -0.1) is 11.3 Å². The molecule has 0 aliphatic heterocycles. The molecule has 0 aliphatic rings. The number of aromatic nitrogens is 2. The summed E-state index contributed by atoms with van der Waals surface area (Å²) in [4.78, 5) is 15.3. The average Bonchev–Trinajstić information content (AvgIpc) is 3.42. The molecular weight excluding hydrogens is 346 g/mol. The molecule has 3 heterocycles. The number of para-hydroxylation sites is 1. The molecule has 0 bridgehead atoms. The van der Waals surface area contributed by atoms with E-state index in [9.17, 15) is 4.79 Å². The second-order valence-electron chi connectivity index (χ2n) is 5.93. The smallest absolute Gasteiger partial charge is 0.257 e. The molecule has 1 amide bonds. The van der Waals surface area contributed by atoms with Gasteiger partial charge in [0.2, 0.25) is 0 Å². The summed E-state index contributed by atoms with van der Waals surface area (Å²) in [6.45, 7) is 0.462. The number of thiophene rings is 1. The van der Waals surface area contributed by atoms with Crippen molar-refractivity contribution in [3.8, 4) is 16.3 Å². The largest absolute Gasteiger partial charge is 0.472 e. The third-order valence-corrected chi connectivity index (χ3v) is 4.96. The van der Waals surface area contributed by atoms with Crippen molar-refractivity contribution in [2.45, 2.75) is 6.54 Å². The zero-order valence-electron chi connectivity index (χ0n) is 14.2. The van der Waals surface area contributed by atoms with Gasteiger partial charge in [0.25, 0.3) is 5.91 Å². The molecule has 0 saturated heterocycles. The fourth-order valence-corrected chi connectivity index (χ4v) is 3.54. The number of carbonyl (C=O) groups excluding carboxylic acids is 1. The highest BCUT2D eigenvalue weighted by molar-refractivity contribution is 7.13. The van der Waals surface area contributed by atoms with Crippen molar-refractivity contribution in [2.75, 3.05) is 7.05 Å². The minimum atomic E-state index is -0.0802. The van der Waals surface area contributed by atoms with Crippen molar-refractivity contribution in [1.29, 1.82) is 0 Å². The molecule has 0 saturated carbocycles. The zero-order chi connectivity index (χ0) is 17.9. The van der Waals surface area contributed by atoms with E-state index in [2.05, 4.69) is 0 Å². The van der Waals surface area contributed by atoms with E-state index in [1.54, 1.807) is 29.4 Å². The maximum absolute atomic E-state index is 12.5. The number of rotatable bonds is 5. The van der Waals surface area contributed by atoms with Gasteiger partial charge < -0.3 is 9.32 Å². The van der Waals surface area contributed by atoms with E-state index in [-0.39, 0.29) is 5.91 Å². The predicted octanol–water partition coefficient (Wildman–Crippen LogP) is 4.47. The first-order valence-corrected chi connectivity index (χ1v) is 9.06. The Bertz CT molecular complexity index is 989. The van der Waals surface area contributed by atoms with Crippen LogP contribution in [0.4, 0.5) is 0 Å².